The van der Waals surface area contributed by atoms with Gasteiger partial charge in [0.1, 0.15) is 12.1 Å². The van der Waals surface area contributed by atoms with Gasteiger partial charge in [-0.25, -0.2) is 4.79 Å². The van der Waals surface area contributed by atoms with E-state index in [1.807, 2.05) is 30.3 Å². The Morgan fingerprint density at radius 2 is 1.90 bits per heavy atom. The molecule has 0 saturated heterocycles. The average Bonchev–Trinajstić information content (AvgIpc) is 2.44. The lowest BCUT2D eigenvalue weighted by Gasteiger charge is -2.27. The second-order valence-electron chi connectivity index (χ2n) is 4.59. The molecule has 0 aliphatic heterocycles. The molecule has 1 amide bonds. The molecule has 0 aliphatic carbocycles. The second-order valence-corrected chi connectivity index (χ2v) is 4.59. The summed E-state index contributed by atoms with van der Waals surface area (Å²) in [6.07, 6.45) is -0.361. The van der Waals surface area contributed by atoms with Gasteiger partial charge < -0.3 is 14.7 Å². The Morgan fingerprint density at radius 3 is 2.40 bits per heavy atom. The first kappa shape index (κ1) is 16.2. The summed E-state index contributed by atoms with van der Waals surface area (Å²) < 4.78 is 5.22. The Balaban J connectivity index is 2.80. The van der Waals surface area contributed by atoms with Crippen LogP contribution in [-0.2, 0) is 20.7 Å². The molecule has 110 valence electrons. The Hall–Kier alpha value is -1.88. The highest BCUT2D eigenvalue weighted by atomic mass is 16.5. The van der Waals surface area contributed by atoms with Crippen molar-refractivity contribution in [3.8, 4) is 0 Å². The molecule has 20 heavy (non-hydrogen) atoms. The summed E-state index contributed by atoms with van der Waals surface area (Å²) in [4.78, 5) is 24.7. The van der Waals surface area contributed by atoms with Crippen LogP contribution in [0.5, 0.6) is 0 Å². The van der Waals surface area contributed by atoms with Gasteiger partial charge in [-0.15, -0.1) is 0 Å². The highest BCUT2D eigenvalue weighted by Gasteiger charge is 2.29. The maximum atomic E-state index is 12.1. The second kappa shape index (κ2) is 7.65. The molecule has 2 atom stereocenters. The molecule has 0 spiro atoms. The molecule has 1 N–H and O–H groups in total. The summed E-state index contributed by atoms with van der Waals surface area (Å²) in [6, 6.07) is 8.36. The van der Waals surface area contributed by atoms with Crippen molar-refractivity contribution in [2.24, 2.45) is 0 Å². The number of aliphatic carboxylic acids is 1. The van der Waals surface area contributed by atoms with Gasteiger partial charge in [-0.05, 0) is 19.4 Å². The molecule has 0 bridgehead atoms. The van der Waals surface area contributed by atoms with Crippen LogP contribution in [0.4, 0.5) is 0 Å². The maximum Gasteiger partial charge on any atom is 0.326 e. The van der Waals surface area contributed by atoms with Gasteiger partial charge in [0.25, 0.3) is 5.91 Å². The molecule has 0 radical (unpaired) electrons. The van der Waals surface area contributed by atoms with Gasteiger partial charge in [-0.2, -0.15) is 0 Å². The zero-order valence-corrected chi connectivity index (χ0v) is 12.1. The van der Waals surface area contributed by atoms with Gasteiger partial charge in [0.15, 0.2) is 0 Å². The first-order valence-electron chi connectivity index (χ1n) is 6.62. The van der Waals surface area contributed by atoms with E-state index in [0.29, 0.717) is 6.61 Å². The molecule has 0 aliphatic rings. The van der Waals surface area contributed by atoms with E-state index in [-0.39, 0.29) is 12.3 Å². The first-order chi connectivity index (χ1) is 9.47. The molecular weight excluding hydrogens is 258 g/mol. The van der Waals surface area contributed by atoms with Gasteiger partial charge in [0.05, 0.1) is 0 Å². The summed E-state index contributed by atoms with van der Waals surface area (Å²) in [6.45, 7) is 3.84. The van der Waals surface area contributed by atoms with Crippen molar-refractivity contribution in [1.82, 2.24) is 4.90 Å². The number of carbonyl (C=O) groups excluding carboxylic acids is 1. The van der Waals surface area contributed by atoms with Crippen LogP contribution in [-0.4, -0.2) is 47.7 Å². The summed E-state index contributed by atoms with van der Waals surface area (Å²) in [7, 11) is 1.50. The van der Waals surface area contributed by atoms with Crippen LogP contribution in [0.25, 0.3) is 0 Å². The van der Waals surface area contributed by atoms with Crippen molar-refractivity contribution < 1.29 is 19.4 Å². The molecule has 5 heteroatoms. The number of benzene rings is 1. The van der Waals surface area contributed by atoms with Crippen LogP contribution in [0.2, 0.25) is 0 Å². The topological polar surface area (TPSA) is 66.8 Å². The first-order valence-corrected chi connectivity index (χ1v) is 6.62. The Kier molecular flexibility index (Phi) is 6.18. The molecule has 2 unspecified atom stereocenters. The number of hydrogen-bond donors (Lipinski definition) is 1. The Labute approximate surface area is 119 Å². The van der Waals surface area contributed by atoms with Gasteiger partial charge in [0.2, 0.25) is 0 Å². The largest absolute Gasteiger partial charge is 0.480 e. The van der Waals surface area contributed by atoms with E-state index < -0.39 is 18.1 Å². The number of likely N-dealkylation sites (N-methyl/N-ethyl adjacent to an activating group) is 1. The molecular formula is C15H21NO4. The lowest BCUT2D eigenvalue weighted by molar-refractivity contribution is -0.153. The number of rotatable bonds is 7. The standard InChI is InChI=1S/C15H21NO4/c1-4-20-11(2)14(17)16(3)13(15(18)19)10-12-8-6-5-7-9-12/h5-9,11,13H,4,10H2,1-3H3,(H,18,19). The highest BCUT2D eigenvalue weighted by molar-refractivity contribution is 5.86. The number of carboxylic acids is 1. The minimum Gasteiger partial charge on any atom is -0.480 e. The number of carbonyl (C=O) groups is 2. The normalized spacial score (nSPS) is 13.6. The third-order valence-corrected chi connectivity index (χ3v) is 3.14. The fourth-order valence-electron chi connectivity index (χ4n) is 1.99. The van der Waals surface area contributed by atoms with E-state index in [4.69, 9.17) is 4.74 Å². The van der Waals surface area contributed by atoms with Crippen molar-refractivity contribution in [2.75, 3.05) is 13.7 Å². The van der Waals surface area contributed by atoms with E-state index in [2.05, 4.69) is 0 Å². The van der Waals surface area contributed by atoms with Crippen molar-refractivity contribution >= 4 is 11.9 Å². The van der Waals surface area contributed by atoms with Crippen molar-refractivity contribution in [3.63, 3.8) is 0 Å². The SMILES string of the molecule is CCOC(C)C(=O)N(C)C(Cc1ccccc1)C(=O)O. The third-order valence-electron chi connectivity index (χ3n) is 3.14. The fraction of sp³-hybridized carbons (Fsp3) is 0.467. The Bertz CT molecular complexity index is 446. The lowest BCUT2D eigenvalue weighted by atomic mass is 10.0. The van der Waals surface area contributed by atoms with E-state index >= 15 is 0 Å². The van der Waals surface area contributed by atoms with E-state index in [9.17, 15) is 14.7 Å². The van der Waals surface area contributed by atoms with Gasteiger partial charge in [-0.1, -0.05) is 30.3 Å². The van der Waals surface area contributed by atoms with Crippen molar-refractivity contribution in [1.29, 1.82) is 0 Å². The number of ether oxygens (including phenoxy) is 1. The van der Waals surface area contributed by atoms with E-state index in [0.717, 1.165) is 5.56 Å². The van der Waals surface area contributed by atoms with Gasteiger partial charge in [-0.3, -0.25) is 4.79 Å². The van der Waals surface area contributed by atoms with Crippen LogP contribution < -0.4 is 0 Å². The number of hydrogen-bond acceptors (Lipinski definition) is 3. The number of nitrogens with zero attached hydrogens (tertiary/aromatic N) is 1. The smallest absolute Gasteiger partial charge is 0.326 e. The molecule has 1 aromatic rings. The van der Waals surface area contributed by atoms with Crippen LogP contribution in [0.15, 0.2) is 30.3 Å². The van der Waals surface area contributed by atoms with Crippen LogP contribution in [0, 0.1) is 0 Å². The monoisotopic (exact) mass is 279 g/mol. The molecule has 1 aromatic carbocycles. The zero-order chi connectivity index (χ0) is 15.1. The van der Waals surface area contributed by atoms with E-state index in [1.54, 1.807) is 13.8 Å². The van der Waals surface area contributed by atoms with Crippen LogP contribution in [0.1, 0.15) is 19.4 Å². The van der Waals surface area contributed by atoms with Crippen LogP contribution >= 0.6 is 0 Å². The van der Waals surface area contributed by atoms with E-state index in [1.165, 1.54) is 11.9 Å². The summed E-state index contributed by atoms with van der Waals surface area (Å²) >= 11 is 0. The summed E-state index contributed by atoms with van der Waals surface area (Å²) in [5.41, 5.74) is 0.878. The highest BCUT2D eigenvalue weighted by Crippen LogP contribution is 2.10. The predicted molar refractivity (Wildman–Crippen MR) is 75.4 cm³/mol. The Morgan fingerprint density at radius 1 is 1.30 bits per heavy atom. The van der Waals surface area contributed by atoms with Crippen LogP contribution in [0.3, 0.4) is 0 Å². The molecule has 1 rings (SSSR count). The lowest BCUT2D eigenvalue weighted by Crippen LogP contribution is -2.47. The predicted octanol–water partition coefficient (Wildman–Crippen LogP) is 1.57. The molecule has 0 aromatic heterocycles. The average molecular weight is 279 g/mol. The summed E-state index contributed by atoms with van der Waals surface area (Å²) in [5.74, 6) is -1.34. The molecule has 5 nitrogen and oxygen atoms in total. The quantitative estimate of drug-likeness (QED) is 0.822. The third kappa shape index (κ3) is 4.35. The zero-order valence-electron chi connectivity index (χ0n) is 12.1. The minimum absolute atomic E-state index is 0.275. The number of carboxylic acid groups (broad SMARTS) is 1. The summed E-state index contributed by atoms with van der Waals surface area (Å²) in [5, 5.41) is 9.33. The van der Waals surface area contributed by atoms with Crippen molar-refractivity contribution in [2.45, 2.75) is 32.4 Å². The maximum absolute atomic E-state index is 12.1. The van der Waals surface area contributed by atoms with Gasteiger partial charge >= 0.3 is 5.97 Å². The molecule has 0 fully saturated rings. The molecule has 0 saturated carbocycles. The van der Waals surface area contributed by atoms with Gasteiger partial charge in [0, 0.05) is 20.1 Å². The van der Waals surface area contributed by atoms with Crippen molar-refractivity contribution in [3.05, 3.63) is 35.9 Å². The molecule has 0 heterocycles. The minimum atomic E-state index is -1.02. The fourth-order valence-corrected chi connectivity index (χ4v) is 1.99. The number of amides is 1.